The minimum absolute atomic E-state index is 0.769. The molecule has 3 aliphatic carbocycles. The second kappa shape index (κ2) is 16.6. The van der Waals surface area contributed by atoms with Crippen molar-refractivity contribution in [1.29, 1.82) is 0 Å². The van der Waals surface area contributed by atoms with E-state index in [-0.39, 0.29) is 0 Å². The number of hydrogen-bond donors (Lipinski definition) is 0. The van der Waals surface area contributed by atoms with E-state index in [4.69, 9.17) is 0 Å². The van der Waals surface area contributed by atoms with Gasteiger partial charge in [-0.15, -0.1) is 0 Å². The van der Waals surface area contributed by atoms with Crippen LogP contribution in [0.4, 0.5) is 0 Å². The van der Waals surface area contributed by atoms with Gasteiger partial charge in [0.15, 0.2) is 0 Å². The average Bonchev–Trinajstić information content (AvgIpc) is 3.97. The molecule has 0 atom stereocenters. The molecule has 0 radical (unpaired) electrons. The summed E-state index contributed by atoms with van der Waals surface area (Å²) >= 11 is 23.2. The summed E-state index contributed by atoms with van der Waals surface area (Å²) < 4.78 is 6.24. The minimum Gasteiger partial charge on any atom is -0.0619 e. The Balaban J connectivity index is 1.38. The maximum atomic E-state index is 3.86. The molecule has 0 heterocycles. The summed E-state index contributed by atoms with van der Waals surface area (Å²) in [6, 6.07) is 82.6. The van der Waals surface area contributed by atoms with Crippen LogP contribution in [-0.4, -0.2) is 0 Å². The van der Waals surface area contributed by atoms with Crippen LogP contribution in [0.3, 0.4) is 0 Å². The van der Waals surface area contributed by atoms with Gasteiger partial charge in [-0.05, 0) is 173 Å². The summed E-state index contributed by atoms with van der Waals surface area (Å²) in [5.41, 5.74) is 20.2. The maximum Gasteiger partial charge on any atom is 0.0719 e. The van der Waals surface area contributed by atoms with Crippen LogP contribution in [0.1, 0.15) is 66.8 Å². The van der Waals surface area contributed by atoms with Crippen molar-refractivity contribution >= 4 is 95.6 Å². The van der Waals surface area contributed by atoms with E-state index in [1.807, 2.05) is 0 Å². The fourth-order valence-corrected chi connectivity index (χ4v) is 14.3. The molecule has 13 rings (SSSR count). The van der Waals surface area contributed by atoms with E-state index < -0.39 is 16.2 Å². The zero-order valence-electron chi connectivity index (χ0n) is 36.6. The second-order valence-electron chi connectivity index (χ2n) is 18.2. The first-order valence-electron chi connectivity index (χ1n) is 22.8. The molecule has 10 aromatic rings. The van der Waals surface area contributed by atoms with Gasteiger partial charge in [0, 0.05) is 26.8 Å². The van der Waals surface area contributed by atoms with Gasteiger partial charge >= 0.3 is 0 Å². The number of rotatable bonds is 6. The Morgan fingerprint density at radius 1 is 0.203 bits per heavy atom. The Kier molecular flexibility index (Phi) is 10.6. The van der Waals surface area contributed by atoms with E-state index in [0.29, 0.717) is 0 Å². The lowest BCUT2D eigenvalue weighted by molar-refractivity contribution is 0.740. The van der Waals surface area contributed by atoms with Crippen LogP contribution in [0.2, 0.25) is 0 Å². The lowest BCUT2D eigenvalue weighted by atomic mass is 9.61. The lowest BCUT2D eigenvalue weighted by Gasteiger charge is -2.40. The van der Waals surface area contributed by atoms with Gasteiger partial charge in [0.05, 0.1) is 16.2 Å². The van der Waals surface area contributed by atoms with Crippen molar-refractivity contribution in [2.45, 2.75) is 16.2 Å². The lowest BCUT2D eigenvalue weighted by Crippen LogP contribution is -2.33. The largest absolute Gasteiger partial charge is 0.0719 e. The summed E-state index contributed by atoms with van der Waals surface area (Å²) in [4.78, 5) is 0. The molecule has 0 saturated heterocycles. The molecule has 69 heavy (non-hydrogen) atoms. The van der Waals surface area contributed by atoms with E-state index in [0.717, 1.165) is 26.8 Å². The van der Waals surface area contributed by atoms with Gasteiger partial charge in [-0.2, -0.15) is 0 Å². The summed E-state index contributed by atoms with van der Waals surface area (Å²) in [7, 11) is 0. The quantitative estimate of drug-likeness (QED) is 0.156. The van der Waals surface area contributed by atoms with Gasteiger partial charge in [-0.25, -0.2) is 0 Å². The first kappa shape index (κ1) is 44.1. The van der Waals surface area contributed by atoms with Crippen LogP contribution in [-0.2, 0) is 16.2 Å². The molecule has 6 heteroatoms. The molecular weight excluding hydrogens is 1240 g/mol. The maximum absolute atomic E-state index is 3.86. The van der Waals surface area contributed by atoms with Crippen molar-refractivity contribution in [2.24, 2.45) is 0 Å². The van der Waals surface area contributed by atoms with Gasteiger partial charge in [-0.3, -0.25) is 0 Å². The molecule has 0 bridgehead atoms. The number of fused-ring (bicyclic) bond motifs is 12. The van der Waals surface area contributed by atoms with E-state index in [1.54, 1.807) is 0 Å². The van der Waals surface area contributed by atoms with Gasteiger partial charge in [0.2, 0.25) is 0 Å². The molecule has 0 nitrogen and oxygen atoms in total. The van der Waals surface area contributed by atoms with Crippen molar-refractivity contribution in [3.63, 3.8) is 0 Å². The molecule has 0 amide bonds. The molecule has 330 valence electrons. The van der Waals surface area contributed by atoms with E-state index in [2.05, 4.69) is 314 Å². The Morgan fingerprint density at radius 2 is 0.377 bits per heavy atom. The highest BCUT2D eigenvalue weighted by atomic mass is 79.9. The summed E-state index contributed by atoms with van der Waals surface area (Å²) in [6.45, 7) is 0. The number of hydrogen-bond acceptors (Lipinski definition) is 0. The predicted molar refractivity (Wildman–Crippen MR) is 305 cm³/mol. The third-order valence-electron chi connectivity index (χ3n) is 15.1. The third-order valence-corrected chi connectivity index (χ3v) is 18.3. The zero-order chi connectivity index (χ0) is 46.8. The van der Waals surface area contributed by atoms with E-state index in [9.17, 15) is 0 Å². The Morgan fingerprint density at radius 3 is 0.565 bits per heavy atom. The Bertz CT molecular complexity index is 3140. The Hall–Kier alpha value is -4.92. The Labute approximate surface area is 452 Å². The standard InChI is InChI=1S/C63H36Br6/c64-43-25-13-37(14-26-43)61(38-15-27-44(65)28-16-38)52-10-4-1-7-49(52)55-58(61)56-51-9-3-6-12-54(51)63(41-21-33-47(68)34-22-41,42-23-35-48(69)36-24-42)60(56)57-50-8-2-5-11-53(50)62(59(55)57,39-17-29-45(66)30-18-39)40-19-31-46(67)32-20-40/h1-36H. The van der Waals surface area contributed by atoms with E-state index in [1.165, 1.54) is 100 Å². The molecule has 0 aromatic heterocycles. The summed E-state index contributed by atoms with van der Waals surface area (Å²) in [6.07, 6.45) is 0. The minimum atomic E-state index is -0.769. The molecular formula is C63H36Br6. The molecule has 0 unspecified atom stereocenters. The zero-order valence-corrected chi connectivity index (χ0v) is 46.1. The van der Waals surface area contributed by atoms with Crippen molar-refractivity contribution < 1.29 is 0 Å². The average molecular weight is 1270 g/mol. The number of benzene rings is 10. The monoisotopic (exact) mass is 1270 g/mol. The van der Waals surface area contributed by atoms with Crippen LogP contribution in [0.5, 0.6) is 0 Å². The van der Waals surface area contributed by atoms with Crippen molar-refractivity contribution in [3.05, 3.63) is 312 Å². The van der Waals surface area contributed by atoms with Gasteiger partial charge in [-0.1, -0.05) is 241 Å². The van der Waals surface area contributed by atoms with Crippen LogP contribution >= 0.6 is 95.6 Å². The molecule has 3 aliphatic rings. The van der Waals surface area contributed by atoms with Crippen molar-refractivity contribution in [3.8, 4) is 33.4 Å². The first-order valence-corrected chi connectivity index (χ1v) is 27.6. The third kappa shape index (κ3) is 6.12. The smallest absolute Gasteiger partial charge is 0.0619 e. The summed E-state index contributed by atoms with van der Waals surface area (Å²) in [5.74, 6) is 0. The van der Waals surface area contributed by atoms with Crippen LogP contribution in [0.25, 0.3) is 33.4 Å². The van der Waals surface area contributed by atoms with Crippen LogP contribution in [0, 0.1) is 0 Å². The topological polar surface area (TPSA) is 0 Å². The fraction of sp³-hybridized carbons (Fsp3) is 0.0476. The highest BCUT2D eigenvalue weighted by molar-refractivity contribution is 9.11. The molecule has 10 aromatic carbocycles. The highest BCUT2D eigenvalue weighted by Crippen LogP contribution is 2.73. The molecule has 0 aliphatic heterocycles. The van der Waals surface area contributed by atoms with Gasteiger partial charge in [0.25, 0.3) is 0 Å². The highest BCUT2D eigenvalue weighted by Gasteiger charge is 2.60. The van der Waals surface area contributed by atoms with Crippen LogP contribution < -0.4 is 0 Å². The van der Waals surface area contributed by atoms with Crippen molar-refractivity contribution in [2.75, 3.05) is 0 Å². The first-order chi connectivity index (χ1) is 33.7. The predicted octanol–water partition coefficient (Wildman–Crippen LogP) is 19.4. The van der Waals surface area contributed by atoms with Crippen molar-refractivity contribution in [1.82, 2.24) is 0 Å². The van der Waals surface area contributed by atoms with Crippen LogP contribution in [0.15, 0.2) is 245 Å². The molecule has 0 spiro atoms. The van der Waals surface area contributed by atoms with E-state index >= 15 is 0 Å². The second-order valence-corrected chi connectivity index (χ2v) is 23.7. The number of halogens is 6. The SMILES string of the molecule is Brc1ccc(C2(c3ccc(Br)cc3)c3ccccc3-c3c2c2c(c4c3C(c3ccc(Br)cc3)(c3ccc(Br)cc3)c3ccccc3-4)C(c3ccc(Br)cc3)(c3ccc(Br)cc3)c3ccccc3-2)cc1. The van der Waals surface area contributed by atoms with Gasteiger partial charge in [0.1, 0.15) is 0 Å². The summed E-state index contributed by atoms with van der Waals surface area (Å²) in [5, 5.41) is 0. The molecule has 0 saturated carbocycles. The molecule has 0 N–H and O–H groups in total. The van der Waals surface area contributed by atoms with Gasteiger partial charge < -0.3 is 0 Å². The normalized spacial score (nSPS) is 14.9. The fourth-order valence-electron chi connectivity index (χ4n) is 12.7. The molecule has 0 fully saturated rings.